The minimum absolute atomic E-state index is 0.0944. The molecule has 0 radical (unpaired) electrons. The number of rotatable bonds is 3. The number of alkyl halides is 3. The second kappa shape index (κ2) is 8.36. The predicted octanol–water partition coefficient (Wildman–Crippen LogP) is 5.09. The Kier molecular flexibility index (Phi) is 5.74. The first-order valence-corrected chi connectivity index (χ1v) is 10.4. The van der Waals surface area contributed by atoms with Crippen molar-refractivity contribution >= 4 is 56.8 Å². The minimum Gasteiger partial charge on any atom is -0.317 e. The van der Waals surface area contributed by atoms with E-state index in [0.717, 1.165) is 27.2 Å². The molecule has 3 aromatic rings. The second-order valence-electron chi connectivity index (χ2n) is 6.79. The third-order valence-electron chi connectivity index (χ3n) is 4.69. The molecule has 1 aliphatic heterocycles. The monoisotopic (exact) mass is 519 g/mol. The average Bonchev–Trinajstić information content (AvgIpc) is 3.19. The van der Waals surface area contributed by atoms with Crippen molar-refractivity contribution in [3.05, 3.63) is 88.2 Å². The van der Waals surface area contributed by atoms with Crippen LogP contribution in [0, 0.1) is 0 Å². The standard InChI is InChI=1S/C22H13BrF3N3O2S/c23-14-5-2-6-15(11-14)28-9-3-8-16(28)12-18-19(30)27-21(32)29(20(18)31)17-7-1-4-13(10-17)22(24,25)26/h1-12H,(H,27,30,32)/b18-12+. The Morgan fingerprint density at radius 3 is 2.41 bits per heavy atom. The van der Waals surface area contributed by atoms with E-state index in [4.69, 9.17) is 12.2 Å². The number of anilines is 1. The molecule has 1 N–H and O–H groups in total. The Morgan fingerprint density at radius 1 is 0.969 bits per heavy atom. The van der Waals surface area contributed by atoms with Gasteiger partial charge in [0.2, 0.25) is 0 Å². The zero-order valence-electron chi connectivity index (χ0n) is 16.1. The summed E-state index contributed by atoms with van der Waals surface area (Å²) in [5.41, 5.74) is 0.0224. The number of hydrogen-bond acceptors (Lipinski definition) is 3. The molecule has 2 aromatic carbocycles. The van der Waals surface area contributed by atoms with E-state index in [0.29, 0.717) is 5.69 Å². The van der Waals surface area contributed by atoms with Crippen LogP contribution in [-0.2, 0) is 15.8 Å². The van der Waals surface area contributed by atoms with Gasteiger partial charge in [-0.25, -0.2) is 0 Å². The quantitative estimate of drug-likeness (QED) is 0.298. The lowest BCUT2D eigenvalue weighted by atomic mass is 10.1. The topological polar surface area (TPSA) is 54.3 Å². The highest BCUT2D eigenvalue weighted by molar-refractivity contribution is 9.10. The summed E-state index contributed by atoms with van der Waals surface area (Å²) in [5.74, 6) is -1.55. The van der Waals surface area contributed by atoms with Crippen LogP contribution in [0.2, 0.25) is 0 Å². The second-order valence-corrected chi connectivity index (χ2v) is 8.09. The van der Waals surface area contributed by atoms with E-state index >= 15 is 0 Å². The number of halogens is 4. The van der Waals surface area contributed by atoms with Crippen molar-refractivity contribution in [2.75, 3.05) is 4.90 Å². The van der Waals surface area contributed by atoms with Crippen LogP contribution in [0.4, 0.5) is 18.9 Å². The summed E-state index contributed by atoms with van der Waals surface area (Å²) in [7, 11) is 0. The van der Waals surface area contributed by atoms with E-state index in [9.17, 15) is 22.8 Å². The van der Waals surface area contributed by atoms with Gasteiger partial charge in [0.05, 0.1) is 11.3 Å². The molecule has 2 amide bonds. The summed E-state index contributed by atoms with van der Waals surface area (Å²) in [5, 5.41) is 2.09. The summed E-state index contributed by atoms with van der Waals surface area (Å²) in [4.78, 5) is 26.6. The van der Waals surface area contributed by atoms with Crippen LogP contribution in [0.15, 0.2) is 76.9 Å². The number of amides is 2. The molecular weight excluding hydrogens is 507 g/mol. The van der Waals surface area contributed by atoms with Gasteiger partial charge in [-0.1, -0.05) is 28.1 Å². The number of carbonyl (C=O) groups is 2. The summed E-state index contributed by atoms with van der Waals surface area (Å²) >= 11 is 8.47. The molecule has 1 aliphatic rings. The molecule has 4 rings (SSSR count). The van der Waals surface area contributed by atoms with Crippen LogP contribution >= 0.6 is 28.1 Å². The highest BCUT2D eigenvalue weighted by Gasteiger charge is 2.36. The van der Waals surface area contributed by atoms with Gasteiger partial charge in [0.25, 0.3) is 11.8 Å². The first-order valence-electron chi connectivity index (χ1n) is 9.17. The van der Waals surface area contributed by atoms with Gasteiger partial charge in [0.1, 0.15) is 5.57 Å². The molecule has 1 aromatic heterocycles. The molecule has 10 heteroatoms. The highest BCUT2D eigenvalue weighted by atomic mass is 79.9. The van der Waals surface area contributed by atoms with Crippen molar-refractivity contribution in [1.29, 1.82) is 0 Å². The van der Waals surface area contributed by atoms with Crippen molar-refractivity contribution in [3.63, 3.8) is 0 Å². The van der Waals surface area contributed by atoms with Crippen molar-refractivity contribution in [2.24, 2.45) is 0 Å². The fraction of sp³-hybridized carbons (Fsp3) is 0.0455. The SMILES string of the molecule is O=C1NC(=S)N(c2cccc(C(F)(F)F)c2)C(=O)/C1=C/c1cccn1-c1cccc(Br)c1. The van der Waals surface area contributed by atoms with Crippen molar-refractivity contribution in [2.45, 2.75) is 6.18 Å². The molecule has 5 nitrogen and oxygen atoms in total. The molecule has 2 heterocycles. The molecule has 0 unspecified atom stereocenters. The fourth-order valence-electron chi connectivity index (χ4n) is 3.23. The van der Waals surface area contributed by atoms with E-state index in [1.165, 1.54) is 18.2 Å². The van der Waals surface area contributed by atoms with Crippen LogP contribution in [0.25, 0.3) is 11.8 Å². The number of aromatic nitrogens is 1. The van der Waals surface area contributed by atoms with Crippen LogP contribution in [0.5, 0.6) is 0 Å². The van der Waals surface area contributed by atoms with Crippen LogP contribution in [-0.4, -0.2) is 21.5 Å². The Balaban J connectivity index is 1.75. The van der Waals surface area contributed by atoms with E-state index in [2.05, 4.69) is 21.2 Å². The highest BCUT2D eigenvalue weighted by Crippen LogP contribution is 2.32. The lowest BCUT2D eigenvalue weighted by Crippen LogP contribution is -2.54. The van der Waals surface area contributed by atoms with Crippen LogP contribution in [0.1, 0.15) is 11.3 Å². The molecule has 1 fully saturated rings. The maximum atomic E-state index is 13.1. The lowest BCUT2D eigenvalue weighted by Gasteiger charge is -2.29. The number of carbonyl (C=O) groups excluding carboxylic acids is 2. The third-order valence-corrected chi connectivity index (χ3v) is 5.47. The molecule has 0 atom stereocenters. The van der Waals surface area contributed by atoms with Gasteiger partial charge >= 0.3 is 6.18 Å². The summed E-state index contributed by atoms with van der Waals surface area (Å²) in [6.07, 6.45) is -1.46. The molecule has 162 valence electrons. The average molecular weight is 520 g/mol. The summed E-state index contributed by atoms with van der Waals surface area (Å²) in [6.45, 7) is 0. The minimum atomic E-state index is -4.59. The van der Waals surface area contributed by atoms with E-state index < -0.39 is 23.6 Å². The number of benzene rings is 2. The lowest BCUT2D eigenvalue weighted by molar-refractivity contribution is -0.137. The predicted molar refractivity (Wildman–Crippen MR) is 121 cm³/mol. The number of thiocarbonyl (C=S) groups is 1. The van der Waals surface area contributed by atoms with Gasteiger partial charge in [-0.3, -0.25) is 19.8 Å². The van der Waals surface area contributed by atoms with Crippen LogP contribution in [0.3, 0.4) is 0 Å². The van der Waals surface area contributed by atoms with E-state index in [1.807, 2.05) is 24.3 Å². The zero-order valence-corrected chi connectivity index (χ0v) is 18.5. The molecular formula is C22H13BrF3N3O2S. The number of nitrogens with one attached hydrogen (secondary N) is 1. The van der Waals surface area contributed by atoms with Gasteiger partial charge in [0.15, 0.2) is 5.11 Å². The Hall–Kier alpha value is -3.24. The molecule has 0 aliphatic carbocycles. The molecule has 0 saturated carbocycles. The van der Waals surface area contributed by atoms with Gasteiger partial charge in [0, 0.05) is 22.1 Å². The maximum absolute atomic E-state index is 13.1. The van der Waals surface area contributed by atoms with Gasteiger partial charge in [-0.15, -0.1) is 0 Å². The summed E-state index contributed by atoms with van der Waals surface area (Å²) in [6, 6.07) is 15.0. The first-order chi connectivity index (χ1) is 15.1. The molecule has 0 bridgehead atoms. The zero-order chi connectivity index (χ0) is 23.0. The molecule has 32 heavy (non-hydrogen) atoms. The first kappa shape index (κ1) is 22.0. The molecule has 0 spiro atoms. The smallest absolute Gasteiger partial charge is 0.317 e. The Labute approximate surface area is 194 Å². The van der Waals surface area contributed by atoms with Crippen molar-refractivity contribution in [3.8, 4) is 5.69 Å². The Morgan fingerprint density at radius 2 is 1.69 bits per heavy atom. The Bertz CT molecular complexity index is 1280. The van der Waals surface area contributed by atoms with Gasteiger partial charge in [-0.05, 0) is 66.8 Å². The van der Waals surface area contributed by atoms with Crippen molar-refractivity contribution in [1.82, 2.24) is 9.88 Å². The van der Waals surface area contributed by atoms with E-state index in [-0.39, 0.29) is 16.4 Å². The normalized spacial score (nSPS) is 15.9. The van der Waals surface area contributed by atoms with E-state index in [1.54, 1.807) is 22.9 Å². The maximum Gasteiger partial charge on any atom is 0.416 e. The van der Waals surface area contributed by atoms with Gasteiger partial charge in [-0.2, -0.15) is 13.2 Å². The molecule has 1 saturated heterocycles. The van der Waals surface area contributed by atoms with Crippen molar-refractivity contribution < 1.29 is 22.8 Å². The number of hydrogen-bond donors (Lipinski definition) is 1. The van der Waals surface area contributed by atoms with Crippen LogP contribution < -0.4 is 10.2 Å². The fourth-order valence-corrected chi connectivity index (χ4v) is 3.90. The largest absolute Gasteiger partial charge is 0.416 e. The number of nitrogens with zero attached hydrogens (tertiary/aromatic N) is 2. The summed E-state index contributed by atoms with van der Waals surface area (Å²) < 4.78 is 42.0. The third kappa shape index (κ3) is 4.23. The van der Waals surface area contributed by atoms with Gasteiger partial charge < -0.3 is 4.57 Å².